The molecular weight excluding hydrogens is 170 g/mol. The van der Waals surface area contributed by atoms with Gasteiger partial charge in [-0.1, -0.05) is 32.9 Å². The molecule has 1 nitrogen and oxygen atoms in total. The molecule has 0 bridgehead atoms. The summed E-state index contributed by atoms with van der Waals surface area (Å²) in [7, 11) is 0. The Morgan fingerprint density at radius 1 is 0.929 bits per heavy atom. The van der Waals surface area contributed by atoms with Crippen LogP contribution in [0.4, 0.5) is 0 Å². The number of rotatable bonds is 4. The van der Waals surface area contributed by atoms with E-state index < -0.39 is 0 Å². The van der Waals surface area contributed by atoms with Crippen LogP contribution in [0.3, 0.4) is 0 Å². The van der Waals surface area contributed by atoms with Gasteiger partial charge in [-0.15, -0.1) is 0 Å². The lowest BCUT2D eigenvalue weighted by molar-refractivity contribution is 0.941. The molecule has 0 aromatic heterocycles. The molecule has 0 unspecified atom stereocenters. The van der Waals surface area contributed by atoms with Crippen molar-refractivity contribution in [1.82, 2.24) is 0 Å². The van der Waals surface area contributed by atoms with Crippen LogP contribution in [0.2, 0.25) is 0 Å². The van der Waals surface area contributed by atoms with Gasteiger partial charge in [0, 0.05) is 6.54 Å². The highest BCUT2D eigenvalue weighted by Gasteiger charge is 2.06. The normalized spacial score (nSPS) is 10.6. The van der Waals surface area contributed by atoms with E-state index in [1.807, 2.05) is 0 Å². The van der Waals surface area contributed by atoms with Gasteiger partial charge in [0.05, 0.1) is 0 Å². The second-order valence-corrected chi connectivity index (χ2v) is 3.66. The maximum atomic E-state index is 5.79. The summed E-state index contributed by atoms with van der Waals surface area (Å²) < 4.78 is 0. The van der Waals surface area contributed by atoms with Crippen molar-refractivity contribution in [2.24, 2.45) is 5.73 Å². The van der Waals surface area contributed by atoms with Gasteiger partial charge < -0.3 is 5.73 Å². The van der Waals surface area contributed by atoms with Gasteiger partial charge in [-0.3, -0.25) is 0 Å². The fourth-order valence-electron chi connectivity index (χ4n) is 1.97. The molecule has 1 rings (SSSR count). The van der Waals surface area contributed by atoms with E-state index >= 15 is 0 Å². The Morgan fingerprint density at radius 3 is 1.71 bits per heavy atom. The van der Waals surface area contributed by atoms with Crippen LogP contribution in [0.5, 0.6) is 0 Å². The summed E-state index contributed by atoms with van der Waals surface area (Å²) in [5.41, 5.74) is 11.5. The van der Waals surface area contributed by atoms with E-state index in [4.69, 9.17) is 5.73 Å². The molecule has 0 atom stereocenters. The zero-order valence-electron chi connectivity index (χ0n) is 9.56. The first-order valence-corrected chi connectivity index (χ1v) is 5.60. The van der Waals surface area contributed by atoms with Crippen molar-refractivity contribution in [3.8, 4) is 0 Å². The molecule has 0 heterocycles. The number of hydrogen-bond acceptors (Lipinski definition) is 1. The fourth-order valence-corrected chi connectivity index (χ4v) is 1.97. The molecule has 0 amide bonds. The Kier molecular flexibility index (Phi) is 4.15. The van der Waals surface area contributed by atoms with E-state index in [-0.39, 0.29) is 0 Å². The zero-order valence-corrected chi connectivity index (χ0v) is 9.56. The van der Waals surface area contributed by atoms with Crippen molar-refractivity contribution in [1.29, 1.82) is 0 Å². The summed E-state index contributed by atoms with van der Waals surface area (Å²) in [6, 6.07) is 4.61. The van der Waals surface area contributed by atoms with Crippen molar-refractivity contribution >= 4 is 0 Å². The molecule has 78 valence electrons. The first-order chi connectivity index (χ1) is 6.76. The van der Waals surface area contributed by atoms with Gasteiger partial charge in [0.2, 0.25) is 0 Å². The molecule has 1 aromatic carbocycles. The van der Waals surface area contributed by atoms with Crippen molar-refractivity contribution in [2.75, 3.05) is 0 Å². The Labute approximate surface area is 87.3 Å². The van der Waals surface area contributed by atoms with Gasteiger partial charge in [-0.25, -0.2) is 0 Å². The monoisotopic (exact) mass is 191 g/mol. The average Bonchev–Trinajstić information content (AvgIpc) is 2.26. The lowest BCUT2D eigenvalue weighted by atomic mass is 9.94. The number of nitrogens with two attached hydrogens (primary N) is 1. The molecule has 0 radical (unpaired) electrons. The van der Waals surface area contributed by atoms with E-state index in [1.54, 1.807) is 0 Å². The summed E-state index contributed by atoms with van der Waals surface area (Å²) in [5, 5.41) is 0. The molecule has 0 aliphatic rings. The maximum absolute atomic E-state index is 5.79. The van der Waals surface area contributed by atoms with Crippen molar-refractivity contribution < 1.29 is 0 Å². The topological polar surface area (TPSA) is 26.0 Å². The highest BCUT2D eigenvalue weighted by atomic mass is 14.5. The SMILES string of the molecule is CCc1cc(CC)c(CN)c(CC)c1. The molecular formula is C13H21N. The van der Waals surface area contributed by atoms with Crippen molar-refractivity contribution in [2.45, 2.75) is 46.6 Å². The lowest BCUT2D eigenvalue weighted by Crippen LogP contribution is -2.06. The van der Waals surface area contributed by atoms with Crippen LogP contribution in [-0.2, 0) is 25.8 Å². The quantitative estimate of drug-likeness (QED) is 0.778. The van der Waals surface area contributed by atoms with E-state index in [0.717, 1.165) is 19.3 Å². The van der Waals surface area contributed by atoms with Gasteiger partial charge in [-0.05, 0) is 41.5 Å². The summed E-state index contributed by atoms with van der Waals surface area (Å²) in [6.07, 6.45) is 3.30. The third-order valence-electron chi connectivity index (χ3n) is 2.87. The van der Waals surface area contributed by atoms with E-state index in [9.17, 15) is 0 Å². The second kappa shape index (κ2) is 5.16. The van der Waals surface area contributed by atoms with Crippen LogP contribution in [0.1, 0.15) is 43.0 Å². The van der Waals surface area contributed by atoms with Gasteiger partial charge in [0.15, 0.2) is 0 Å². The fraction of sp³-hybridized carbons (Fsp3) is 0.538. The predicted octanol–water partition coefficient (Wildman–Crippen LogP) is 2.83. The first-order valence-electron chi connectivity index (χ1n) is 5.60. The summed E-state index contributed by atoms with van der Waals surface area (Å²) in [5.74, 6) is 0. The minimum atomic E-state index is 0.677. The second-order valence-electron chi connectivity index (χ2n) is 3.66. The largest absolute Gasteiger partial charge is 0.326 e. The zero-order chi connectivity index (χ0) is 10.6. The standard InChI is InChI=1S/C13H21N/c1-4-10-7-11(5-2)13(9-14)12(6-3)8-10/h7-8H,4-6,9,14H2,1-3H3. The van der Waals surface area contributed by atoms with E-state index in [2.05, 4.69) is 32.9 Å². The third kappa shape index (κ3) is 2.16. The molecule has 0 aliphatic carbocycles. The Bertz CT molecular complexity index is 277. The van der Waals surface area contributed by atoms with Crippen LogP contribution >= 0.6 is 0 Å². The molecule has 2 N–H and O–H groups in total. The molecule has 0 saturated carbocycles. The first kappa shape index (κ1) is 11.3. The Hall–Kier alpha value is -0.820. The lowest BCUT2D eigenvalue weighted by Gasteiger charge is -2.13. The highest BCUT2D eigenvalue weighted by molar-refractivity contribution is 5.39. The number of hydrogen-bond donors (Lipinski definition) is 1. The van der Waals surface area contributed by atoms with Crippen molar-refractivity contribution in [3.63, 3.8) is 0 Å². The molecule has 0 fully saturated rings. The molecule has 14 heavy (non-hydrogen) atoms. The van der Waals surface area contributed by atoms with Crippen LogP contribution in [-0.4, -0.2) is 0 Å². The molecule has 1 aromatic rings. The molecule has 0 saturated heterocycles. The summed E-state index contributed by atoms with van der Waals surface area (Å²) >= 11 is 0. The van der Waals surface area contributed by atoms with Gasteiger partial charge in [0.25, 0.3) is 0 Å². The maximum Gasteiger partial charge on any atom is 0.0183 e. The molecule has 0 aliphatic heterocycles. The third-order valence-corrected chi connectivity index (χ3v) is 2.87. The van der Waals surface area contributed by atoms with Crippen LogP contribution < -0.4 is 5.73 Å². The average molecular weight is 191 g/mol. The Morgan fingerprint density at radius 2 is 1.43 bits per heavy atom. The van der Waals surface area contributed by atoms with E-state index in [1.165, 1.54) is 22.3 Å². The number of aryl methyl sites for hydroxylation is 3. The minimum Gasteiger partial charge on any atom is -0.326 e. The van der Waals surface area contributed by atoms with Crippen LogP contribution in [0.25, 0.3) is 0 Å². The summed E-state index contributed by atoms with van der Waals surface area (Å²) in [4.78, 5) is 0. The van der Waals surface area contributed by atoms with Crippen LogP contribution in [0.15, 0.2) is 12.1 Å². The van der Waals surface area contributed by atoms with E-state index in [0.29, 0.717) is 6.54 Å². The highest BCUT2D eigenvalue weighted by Crippen LogP contribution is 2.19. The summed E-state index contributed by atoms with van der Waals surface area (Å²) in [6.45, 7) is 7.29. The predicted molar refractivity (Wildman–Crippen MR) is 62.5 cm³/mol. The minimum absolute atomic E-state index is 0.677. The smallest absolute Gasteiger partial charge is 0.0183 e. The van der Waals surface area contributed by atoms with Gasteiger partial charge in [-0.2, -0.15) is 0 Å². The van der Waals surface area contributed by atoms with Crippen LogP contribution in [0, 0.1) is 0 Å². The molecule has 0 spiro atoms. The molecule has 1 heteroatoms. The van der Waals surface area contributed by atoms with Gasteiger partial charge in [0.1, 0.15) is 0 Å². The van der Waals surface area contributed by atoms with Gasteiger partial charge >= 0.3 is 0 Å². The number of benzene rings is 1. The Balaban J connectivity index is 3.24. The van der Waals surface area contributed by atoms with Crippen molar-refractivity contribution in [3.05, 3.63) is 34.4 Å².